The van der Waals surface area contributed by atoms with Crippen LogP contribution in [0.15, 0.2) is 47.4 Å². The van der Waals surface area contributed by atoms with Crippen LogP contribution in [0.5, 0.6) is 0 Å². The van der Waals surface area contributed by atoms with Gasteiger partial charge in [0.25, 0.3) is 0 Å². The summed E-state index contributed by atoms with van der Waals surface area (Å²) in [5.74, 6) is 0. The van der Waals surface area contributed by atoms with E-state index in [9.17, 15) is 13.2 Å². The molecule has 122 valence electrons. The van der Waals surface area contributed by atoms with Crippen molar-refractivity contribution in [1.82, 2.24) is 0 Å². The van der Waals surface area contributed by atoms with E-state index in [-0.39, 0.29) is 15.8 Å². The maximum absolute atomic E-state index is 12.8. The molecule has 0 saturated heterocycles. The first-order chi connectivity index (χ1) is 10.8. The van der Waals surface area contributed by atoms with Gasteiger partial charge in [-0.15, -0.1) is 11.8 Å². The molecule has 8 heteroatoms. The van der Waals surface area contributed by atoms with Gasteiger partial charge < -0.3 is 10.6 Å². The molecule has 0 spiro atoms. The molecule has 2 N–H and O–H groups in total. The fourth-order valence-electron chi connectivity index (χ4n) is 1.81. The molecule has 0 aliphatic carbocycles. The lowest BCUT2D eigenvalue weighted by Crippen LogP contribution is -2.19. The smallest absolute Gasteiger partial charge is 0.332 e. The molecular weight excluding hydrogens is 365 g/mol. The molecule has 0 saturated carbocycles. The molecule has 0 amide bonds. The van der Waals surface area contributed by atoms with Gasteiger partial charge in [0.05, 0.1) is 10.6 Å². The van der Waals surface area contributed by atoms with Crippen molar-refractivity contribution in [3.63, 3.8) is 0 Å². The topological polar surface area (TPSA) is 24.1 Å². The number of hydrogen-bond acceptors (Lipinski definition) is 2. The lowest BCUT2D eigenvalue weighted by Gasteiger charge is -2.14. The van der Waals surface area contributed by atoms with Gasteiger partial charge in [0.1, 0.15) is 0 Å². The average Bonchev–Trinajstić information content (AvgIpc) is 2.48. The number of rotatable bonds is 3. The van der Waals surface area contributed by atoms with E-state index in [4.69, 9.17) is 23.8 Å². The van der Waals surface area contributed by atoms with E-state index in [0.717, 1.165) is 16.6 Å². The van der Waals surface area contributed by atoms with Crippen molar-refractivity contribution in [1.29, 1.82) is 0 Å². The minimum Gasteiger partial charge on any atom is -0.332 e. The standard InChI is InChI=1S/C15H12ClF3N2S2/c1-23-11-4-2-3-9(7-11)20-14(22)21-10-5-6-13(16)12(8-10)15(17,18)19/h2-8H,1H3,(H2,20,21,22). The number of alkyl halides is 3. The predicted octanol–water partition coefficient (Wildman–Crippen LogP) is 5.89. The summed E-state index contributed by atoms with van der Waals surface area (Å²) < 4.78 is 38.5. The third kappa shape index (κ3) is 5.02. The van der Waals surface area contributed by atoms with Crippen LogP contribution in [-0.4, -0.2) is 11.4 Å². The number of thioether (sulfide) groups is 1. The Morgan fingerprint density at radius 3 is 2.35 bits per heavy atom. The predicted molar refractivity (Wildman–Crippen MR) is 94.5 cm³/mol. The normalized spacial score (nSPS) is 11.2. The highest BCUT2D eigenvalue weighted by Gasteiger charge is 2.33. The van der Waals surface area contributed by atoms with Crippen LogP contribution in [-0.2, 0) is 6.18 Å². The second-order valence-corrected chi connectivity index (χ2v) is 6.20. The van der Waals surface area contributed by atoms with Gasteiger partial charge in [-0.3, -0.25) is 0 Å². The van der Waals surface area contributed by atoms with Gasteiger partial charge in [-0.05, 0) is 54.9 Å². The number of halogens is 4. The number of benzene rings is 2. The van der Waals surface area contributed by atoms with Crippen molar-refractivity contribution >= 4 is 52.1 Å². The van der Waals surface area contributed by atoms with E-state index in [1.165, 1.54) is 12.1 Å². The van der Waals surface area contributed by atoms with Crippen molar-refractivity contribution in [3.05, 3.63) is 53.1 Å². The third-order valence-corrected chi connectivity index (χ3v) is 4.12. The van der Waals surface area contributed by atoms with Gasteiger partial charge in [-0.25, -0.2) is 0 Å². The zero-order valence-corrected chi connectivity index (χ0v) is 14.3. The van der Waals surface area contributed by atoms with Crippen LogP contribution in [0, 0.1) is 0 Å². The highest BCUT2D eigenvalue weighted by molar-refractivity contribution is 7.98. The summed E-state index contributed by atoms with van der Waals surface area (Å²) in [5.41, 5.74) is 0.0518. The molecule has 0 bridgehead atoms. The number of thiocarbonyl (C=S) groups is 1. The maximum atomic E-state index is 12.8. The molecule has 2 nitrogen and oxygen atoms in total. The molecule has 0 aliphatic heterocycles. The molecule has 0 unspecified atom stereocenters. The summed E-state index contributed by atoms with van der Waals surface area (Å²) in [6.07, 6.45) is -2.57. The summed E-state index contributed by atoms with van der Waals surface area (Å²) in [6.45, 7) is 0. The SMILES string of the molecule is CSc1cccc(NC(=S)Nc2ccc(Cl)c(C(F)(F)F)c2)c1. The summed E-state index contributed by atoms with van der Waals surface area (Å²) in [4.78, 5) is 1.05. The zero-order chi connectivity index (χ0) is 17.0. The molecule has 2 aromatic rings. The number of anilines is 2. The second-order valence-electron chi connectivity index (χ2n) is 4.50. The Balaban J connectivity index is 2.11. The first kappa shape index (κ1) is 17.9. The molecule has 0 radical (unpaired) electrons. The fourth-order valence-corrected chi connectivity index (χ4v) is 2.73. The second kappa shape index (κ2) is 7.42. The fraction of sp³-hybridized carbons (Fsp3) is 0.133. The lowest BCUT2D eigenvalue weighted by molar-refractivity contribution is -0.137. The van der Waals surface area contributed by atoms with E-state index >= 15 is 0 Å². The van der Waals surface area contributed by atoms with Gasteiger partial charge in [0, 0.05) is 16.3 Å². The summed E-state index contributed by atoms with van der Waals surface area (Å²) >= 11 is 12.3. The van der Waals surface area contributed by atoms with Crippen molar-refractivity contribution in [2.75, 3.05) is 16.9 Å². The van der Waals surface area contributed by atoms with E-state index in [1.54, 1.807) is 11.8 Å². The lowest BCUT2D eigenvalue weighted by atomic mass is 10.2. The van der Waals surface area contributed by atoms with E-state index < -0.39 is 11.7 Å². The van der Waals surface area contributed by atoms with Crippen LogP contribution in [0.25, 0.3) is 0 Å². The van der Waals surface area contributed by atoms with Crippen LogP contribution < -0.4 is 10.6 Å². The van der Waals surface area contributed by atoms with Crippen molar-refractivity contribution < 1.29 is 13.2 Å². The van der Waals surface area contributed by atoms with Gasteiger partial charge in [-0.2, -0.15) is 13.2 Å². The largest absolute Gasteiger partial charge is 0.417 e. The average molecular weight is 377 g/mol. The van der Waals surface area contributed by atoms with Crippen LogP contribution in [0.4, 0.5) is 24.5 Å². The molecular formula is C15H12ClF3N2S2. The van der Waals surface area contributed by atoms with Crippen LogP contribution in [0.3, 0.4) is 0 Å². The first-order valence-electron chi connectivity index (χ1n) is 6.38. The van der Waals surface area contributed by atoms with Gasteiger partial charge in [-0.1, -0.05) is 17.7 Å². The van der Waals surface area contributed by atoms with Crippen LogP contribution in [0.1, 0.15) is 5.56 Å². The van der Waals surface area contributed by atoms with Crippen LogP contribution >= 0.6 is 35.6 Å². The van der Waals surface area contributed by atoms with Gasteiger partial charge >= 0.3 is 6.18 Å². The van der Waals surface area contributed by atoms with Crippen molar-refractivity contribution in [2.24, 2.45) is 0 Å². The Kier molecular flexibility index (Phi) is 5.78. The van der Waals surface area contributed by atoms with E-state index in [0.29, 0.717) is 0 Å². The summed E-state index contributed by atoms with van der Waals surface area (Å²) in [6, 6.07) is 11.1. The Morgan fingerprint density at radius 1 is 1.09 bits per heavy atom. The number of hydrogen-bond donors (Lipinski definition) is 2. The molecule has 0 heterocycles. The monoisotopic (exact) mass is 376 g/mol. The summed E-state index contributed by atoms with van der Waals surface area (Å²) in [7, 11) is 0. The highest BCUT2D eigenvalue weighted by Crippen LogP contribution is 2.36. The Bertz CT molecular complexity index is 720. The minimum atomic E-state index is -4.52. The first-order valence-corrected chi connectivity index (χ1v) is 8.39. The molecule has 2 rings (SSSR count). The molecule has 0 atom stereocenters. The zero-order valence-electron chi connectivity index (χ0n) is 11.9. The summed E-state index contributed by atoms with van der Waals surface area (Å²) in [5, 5.41) is 5.49. The molecule has 2 aromatic carbocycles. The molecule has 0 aliphatic rings. The van der Waals surface area contributed by atoms with Crippen molar-refractivity contribution in [2.45, 2.75) is 11.1 Å². The molecule has 0 aromatic heterocycles. The van der Waals surface area contributed by atoms with Gasteiger partial charge in [0.15, 0.2) is 5.11 Å². The quantitative estimate of drug-likeness (QED) is 0.515. The maximum Gasteiger partial charge on any atom is 0.417 e. The molecule has 23 heavy (non-hydrogen) atoms. The molecule has 0 fully saturated rings. The Morgan fingerprint density at radius 2 is 1.74 bits per heavy atom. The number of nitrogens with one attached hydrogen (secondary N) is 2. The highest BCUT2D eigenvalue weighted by atomic mass is 35.5. The minimum absolute atomic E-state index is 0.193. The van der Waals surface area contributed by atoms with Crippen LogP contribution in [0.2, 0.25) is 5.02 Å². The van der Waals surface area contributed by atoms with Crippen molar-refractivity contribution in [3.8, 4) is 0 Å². The third-order valence-electron chi connectivity index (χ3n) is 2.86. The van der Waals surface area contributed by atoms with Gasteiger partial charge in [0.2, 0.25) is 0 Å². The Labute approximate surface area is 146 Å². The van der Waals surface area contributed by atoms with E-state index in [2.05, 4.69) is 10.6 Å². The Hall–Kier alpha value is -1.44. The van der Waals surface area contributed by atoms with E-state index in [1.807, 2.05) is 30.5 Å².